The number of carbonyl (C=O) groups is 3. The standard InChI is InChI=1S/C20H23ClN2O6/c1-5-11(2)17(20(26)27-4)22-15(24)10-28-19(25)16-12(3)29-23-18(16)13-8-6-7-9-14(13)21/h6-9,11,17H,5,10H2,1-4H3,(H,22,24)/t11-,17+/m0/s1. The molecule has 1 heterocycles. The summed E-state index contributed by atoms with van der Waals surface area (Å²) in [6.45, 7) is 4.68. The van der Waals surface area contributed by atoms with Gasteiger partial charge in [0, 0.05) is 5.56 Å². The van der Waals surface area contributed by atoms with Crippen LogP contribution in [0.4, 0.5) is 0 Å². The first-order valence-electron chi connectivity index (χ1n) is 9.05. The lowest BCUT2D eigenvalue weighted by atomic mass is 9.99. The van der Waals surface area contributed by atoms with Crippen molar-refractivity contribution in [3.8, 4) is 11.3 Å². The molecule has 0 aliphatic rings. The van der Waals surface area contributed by atoms with Crippen LogP contribution in [0.25, 0.3) is 11.3 Å². The van der Waals surface area contributed by atoms with Crippen molar-refractivity contribution in [1.29, 1.82) is 0 Å². The number of aromatic nitrogens is 1. The zero-order valence-electron chi connectivity index (χ0n) is 16.7. The number of amides is 1. The van der Waals surface area contributed by atoms with E-state index in [1.807, 2.05) is 13.8 Å². The van der Waals surface area contributed by atoms with Crippen LogP contribution in [0.5, 0.6) is 0 Å². The number of benzene rings is 1. The van der Waals surface area contributed by atoms with E-state index < -0.39 is 30.5 Å². The molecule has 0 saturated carbocycles. The third kappa shape index (κ3) is 5.35. The summed E-state index contributed by atoms with van der Waals surface area (Å²) in [6, 6.07) is 6.01. The molecule has 0 radical (unpaired) electrons. The Labute approximate surface area is 173 Å². The number of nitrogens with zero attached hydrogens (tertiary/aromatic N) is 1. The number of hydrogen-bond acceptors (Lipinski definition) is 7. The number of aryl methyl sites for hydroxylation is 1. The normalized spacial score (nSPS) is 12.7. The number of nitrogens with one attached hydrogen (secondary N) is 1. The van der Waals surface area contributed by atoms with E-state index in [4.69, 9.17) is 25.6 Å². The van der Waals surface area contributed by atoms with Crippen molar-refractivity contribution < 1.29 is 28.4 Å². The highest BCUT2D eigenvalue weighted by atomic mass is 35.5. The second-order valence-corrected chi connectivity index (χ2v) is 6.88. The van der Waals surface area contributed by atoms with Gasteiger partial charge in [-0.25, -0.2) is 9.59 Å². The molecule has 29 heavy (non-hydrogen) atoms. The first-order valence-corrected chi connectivity index (χ1v) is 9.43. The first-order chi connectivity index (χ1) is 13.8. The van der Waals surface area contributed by atoms with Crippen LogP contribution in [0.15, 0.2) is 28.8 Å². The van der Waals surface area contributed by atoms with E-state index in [0.29, 0.717) is 17.0 Å². The smallest absolute Gasteiger partial charge is 0.344 e. The summed E-state index contributed by atoms with van der Waals surface area (Å²) >= 11 is 6.17. The van der Waals surface area contributed by atoms with Gasteiger partial charge in [0.2, 0.25) is 0 Å². The SMILES string of the molecule is CC[C@H](C)[C@@H](NC(=O)COC(=O)c1c(-c2ccccc2Cl)noc1C)C(=O)OC. The maximum absolute atomic E-state index is 12.6. The Morgan fingerprint density at radius 3 is 2.59 bits per heavy atom. The lowest BCUT2D eigenvalue weighted by molar-refractivity contribution is -0.147. The molecule has 1 aromatic heterocycles. The van der Waals surface area contributed by atoms with Crippen LogP contribution in [-0.2, 0) is 19.1 Å². The highest BCUT2D eigenvalue weighted by Gasteiger charge is 2.28. The van der Waals surface area contributed by atoms with Gasteiger partial charge in [-0.2, -0.15) is 0 Å². The van der Waals surface area contributed by atoms with Crippen LogP contribution < -0.4 is 5.32 Å². The van der Waals surface area contributed by atoms with Crippen LogP contribution in [0.1, 0.15) is 36.4 Å². The summed E-state index contributed by atoms with van der Waals surface area (Å²) in [5.74, 6) is -1.88. The van der Waals surface area contributed by atoms with Gasteiger partial charge in [0.1, 0.15) is 23.1 Å². The Kier molecular flexibility index (Phi) is 7.78. The summed E-state index contributed by atoms with van der Waals surface area (Å²) in [6.07, 6.45) is 0.654. The number of ether oxygens (including phenoxy) is 2. The molecule has 0 aliphatic carbocycles. The topological polar surface area (TPSA) is 108 Å². The first kappa shape index (κ1) is 22.4. The molecule has 9 heteroatoms. The average Bonchev–Trinajstić information content (AvgIpc) is 3.10. The van der Waals surface area contributed by atoms with E-state index in [2.05, 4.69) is 10.5 Å². The van der Waals surface area contributed by atoms with Crippen molar-refractivity contribution in [1.82, 2.24) is 10.5 Å². The van der Waals surface area contributed by atoms with E-state index >= 15 is 0 Å². The molecule has 0 unspecified atom stereocenters. The highest BCUT2D eigenvalue weighted by molar-refractivity contribution is 6.33. The van der Waals surface area contributed by atoms with Gasteiger partial charge >= 0.3 is 11.9 Å². The van der Waals surface area contributed by atoms with Crippen molar-refractivity contribution in [3.05, 3.63) is 40.6 Å². The third-order valence-corrected chi connectivity index (χ3v) is 4.84. The van der Waals surface area contributed by atoms with E-state index in [-0.39, 0.29) is 22.9 Å². The number of rotatable bonds is 8. The predicted octanol–water partition coefficient (Wildman–Crippen LogP) is 3.16. The van der Waals surface area contributed by atoms with Crippen LogP contribution in [0.2, 0.25) is 5.02 Å². The van der Waals surface area contributed by atoms with Crippen LogP contribution in [0.3, 0.4) is 0 Å². The molecule has 2 aromatic rings. The van der Waals surface area contributed by atoms with Crippen LogP contribution >= 0.6 is 11.6 Å². The molecule has 0 fully saturated rings. The molecular weight excluding hydrogens is 400 g/mol. The Bertz CT molecular complexity index is 895. The largest absolute Gasteiger partial charge is 0.467 e. The van der Waals surface area contributed by atoms with Crippen molar-refractivity contribution in [3.63, 3.8) is 0 Å². The second kappa shape index (κ2) is 10.1. The van der Waals surface area contributed by atoms with Gasteiger partial charge < -0.3 is 19.3 Å². The summed E-state index contributed by atoms with van der Waals surface area (Å²) < 4.78 is 14.9. The summed E-state index contributed by atoms with van der Waals surface area (Å²) in [5, 5.41) is 6.82. The molecular formula is C20H23ClN2O6. The molecule has 0 aliphatic heterocycles. The quantitative estimate of drug-likeness (QED) is 0.651. The zero-order valence-corrected chi connectivity index (χ0v) is 17.4. The predicted molar refractivity (Wildman–Crippen MR) is 105 cm³/mol. The summed E-state index contributed by atoms with van der Waals surface area (Å²) in [5.41, 5.74) is 0.813. The fourth-order valence-corrected chi connectivity index (χ4v) is 2.89. The Morgan fingerprint density at radius 2 is 1.97 bits per heavy atom. The van der Waals surface area contributed by atoms with Gasteiger partial charge in [0.05, 0.1) is 12.1 Å². The van der Waals surface area contributed by atoms with Crippen LogP contribution in [-0.4, -0.2) is 42.8 Å². The monoisotopic (exact) mass is 422 g/mol. The third-order valence-electron chi connectivity index (χ3n) is 4.51. The maximum atomic E-state index is 12.6. The number of esters is 2. The second-order valence-electron chi connectivity index (χ2n) is 6.47. The van der Waals surface area contributed by atoms with Gasteiger partial charge in [0.15, 0.2) is 6.61 Å². The summed E-state index contributed by atoms with van der Waals surface area (Å²) in [4.78, 5) is 36.6. The fraction of sp³-hybridized carbons (Fsp3) is 0.400. The van der Waals surface area contributed by atoms with E-state index in [1.54, 1.807) is 31.2 Å². The van der Waals surface area contributed by atoms with Gasteiger partial charge in [-0.3, -0.25) is 4.79 Å². The van der Waals surface area contributed by atoms with Gasteiger partial charge in [0.25, 0.3) is 5.91 Å². The number of hydrogen-bond donors (Lipinski definition) is 1. The average molecular weight is 423 g/mol. The zero-order chi connectivity index (χ0) is 21.6. The molecule has 8 nitrogen and oxygen atoms in total. The van der Waals surface area contributed by atoms with Gasteiger partial charge in [-0.05, 0) is 18.9 Å². The lowest BCUT2D eigenvalue weighted by Crippen LogP contribution is -2.47. The number of methoxy groups -OCH3 is 1. The molecule has 1 N–H and O–H groups in total. The van der Waals surface area contributed by atoms with Crippen molar-refractivity contribution >= 4 is 29.4 Å². The van der Waals surface area contributed by atoms with Crippen LogP contribution in [0, 0.1) is 12.8 Å². The molecule has 156 valence electrons. The Balaban J connectivity index is 2.10. The molecule has 0 spiro atoms. The van der Waals surface area contributed by atoms with E-state index in [1.165, 1.54) is 7.11 Å². The lowest BCUT2D eigenvalue weighted by Gasteiger charge is -2.21. The number of halogens is 1. The molecule has 2 atom stereocenters. The Morgan fingerprint density at radius 1 is 1.28 bits per heavy atom. The van der Waals surface area contributed by atoms with Gasteiger partial charge in [-0.15, -0.1) is 0 Å². The van der Waals surface area contributed by atoms with Crippen molar-refractivity contribution in [2.45, 2.75) is 33.2 Å². The fourth-order valence-electron chi connectivity index (χ4n) is 2.66. The molecule has 1 amide bonds. The van der Waals surface area contributed by atoms with E-state index in [9.17, 15) is 14.4 Å². The molecule has 0 bridgehead atoms. The summed E-state index contributed by atoms with van der Waals surface area (Å²) in [7, 11) is 1.24. The molecule has 1 aromatic carbocycles. The molecule has 0 saturated heterocycles. The minimum absolute atomic E-state index is 0.0809. The highest BCUT2D eigenvalue weighted by Crippen LogP contribution is 2.31. The van der Waals surface area contributed by atoms with E-state index in [0.717, 1.165) is 0 Å². The van der Waals surface area contributed by atoms with Crippen molar-refractivity contribution in [2.75, 3.05) is 13.7 Å². The van der Waals surface area contributed by atoms with Gasteiger partial charge in [-0.1, -0.05) is 55.2 Å². The minimum atomic E-state index is -0.827. The van der Waals surface area contributed by atoms with Crippen molar-refractivity contribution in [2.24, 2.45) is 5.92 Å². The minimum Gasteiger partial charge on any atom is -0.467 e. The molecule has 2 rings (SSSR count). The number of carbonyl (C=O) groups excluding carboxylic acids is 3. The maximum Gasteiger partial charge on any atom is 0.344 e. The Hall–Kier alpha value is -2.87.